The van der Waals surface area contributed by atoms with E-state index in [0.717, 1.165) is 0 Å². The number of aliphatic carboxylic acids is 1. The maximum atomic E-state index is 11.7. The van der Waals surface area contributed by atoms with Crippen molar-refractivity contribution in [2.24, 2.45) is 0 Å². The number of carbonyl (C=O) groups excluding carboxylic acids is 1. The first kappa shape index (κ1) is 17.0. The Morgan fingerprint density at radius 3 is 2.37 bits per heavy atom. The minimum absolute atomic E-state index is 0.0195. The van der Waals surface area contributed by atoms with Gasteiger partial charge in [0, 0.05) is 6.42 Å². The van der Waals surface area contributed by atoms with Gasteiger partial charge in [-0.05, 0) is 27.7 Å². The lowest BCUT2D eigenvalue weighted by molar-refractivity contribution is -0.144. The number of allylic oxidation sites excluding steroid dienone is 1. The van der Waals surface area contributed by atoms with Crippen LogP contribution in [0.5, 0.6) is 0 Å². The van der Waals surface area contributed by atoms with Gasteiger partial charge in [0.1, 0.15) is 5.60 Å². The van der Waals surface area contributed by atoms with Crippen LogP contribution in [0.2, 0.25) is 0 Å². The quantitative estimate of drug-likeness (QED) is 0.745. The highest BCUT2D eigenvalue weighted by atomic mass is 16.6. The molecule has 0 radical (unpaired) electrons. The Balaban J connectivity index is 5.08. The third-order valence-corrected chi connectivity index (χ3v) is 2.23. The summed E-state index contributed by atoms with van der Waals surface area (Å²) in [6.07, 6.45) is 2.07. The van der Waals surface area contributed by atoms with E-state index in [1.54, 1.807) is 45.9 Å². The van der Waals surface area contributed by atoms with Crippen molar-refractivity contribution in [3.63, 3.8) is 0 Å². The average molecular weight is 268 g/mol. The normalized spacial score (nSPS) is 14.5. The molecule has 0 spiro atoms. The molecule has 2 N–H and O–H groups in total. The van der Waals surface area contributed by atoms with Crippen LogP contribution in [-0.2, 0) is 9.53 Å². The molecular formula is C13H20N2O4. The van der Waals surface area contributed by atoms with E-state index in [-0.39, 0.29) is 12.8 Å². The summed E-state index contributed by atoms with van der Waals surface area (Å²) in [5.74, 6) is -1.27. The van der Waals surface area contributed by atoms with Crippen LogP contribution in [0, 0.1) is 11.3 Å². The Morgan fingerprint density at radius 1 is 1.42 bits per heavy atom. The fourth-order valence-electron chi connectivity index (χ4n) is 1.34. The van der Waals surface area contributed by atoms with Crippen molar-refractivity contribution in [3.8, 4) is 6.07 Å². The molecule has 0 rings (SSSR count). The molecule has 0 bridgehead atoms. The number of carbonyl (C=O) groups is 2. The number of nitrogens with zero attached hydrogens (tertiary/aromatic N) is 1. The molecule has 0 aromatic rings. The Hall–Kier alpha value is -2.03. The lowest BCUT2D eigenvalue weighted by Gasteiger charge is -2.29. The monoisotopic (exact) mass is 268 g/mol. The van der Waals surface area contributed by atoms with Crippen LogP contribution in [0.25, 0.3) is 0 Å². The first-order valence-electron chi connectivity index (χ1n) is 5.89. The van der Waals surface area contributed by atoms with E-state index in [2.05, 4.69) is 5.32 Å². The highest BCUT2D eigenvalue weighted by molar-refractivity contribution is 5.85. The highest BCUT2D eigenvalue weighted by Crippen LogP contribution is 2.18. The molecular weight excluding hydrogens is 248 g/mol. The summed E-state index contributed by atoms with van der Waals surface area (Å²) < 4.78 is 5.02. The number of amides is 1. The van der Waals surface area contributed by atoms with Gasteiger partial charge in [-0.3, -0.25) is 0 Å². The first-order valence-corrected chi connectivity index (χ1v) is 5.89. The molecule has 0 saturated carbocycles. The molecule has 0 aliphatic carbocycles. The topological polar surface area (TPSA) is 99.4 Å². The number of nitrogens with one attached hydrogen (secondary N) is 1. The fraction of sp³-hybridized carbons (Fsp3) is 0.615. The summed E-state index contributed by atoms with van der Waals surface area (Å²) in [5.41, 5.74) is -2.40. The van der Waals surface area contributed by atoms with Crippen molar-refractivity contribution in [3.05, 3.63) is 12.2 Å². The minimum atomic E-state index is -1.66. The summed E-state index contributed by atoms with van der Waals surface area (Å²) in [4.78, 5) is 23.0. The van der Waals surface area contributed by atoms with Crippen molar-refractivity contribution in [2.75, 3.05) is 0 Å². The predicted molar refractivity (Wildman–Crippen MR) is 69.4 cm³/mol. The van der Waals surface area contributed by atoms with Crippen LogP contribution < -0.4 is 5.32 Å². The van der Waals surface area contributed by atoms with Gasteiger partial charge >= 0.3 is 12.1 Å². The number of rotatable bonds is 5. The molecule has 0 saturated heterocycles. The molecule has 0 fully saturated rings. The van der Waals surface area contributed by atoms with Crippen molar-refractivity contribution < 1.29 is 19.4 Å². The van der Waals surface area contributed by atoms with Gasteiger partial charge in [-0.25, -0.2) is 9.59 Å². The summed E-state index contributed by atoms with van der Waals surface area (Å²) in [6.45, 7) is 6.74. The maximum Gasteiger partial charge on any atom is 0.408 e. The Bertz CT molecular complexity index is 404. The smallest absolute Gasteiger partial charge is 0.408 e. The van der Waals surface area contributed by atoms with Gasteiger partial charge in [-0.2, -0.15) is 5.26 Å². The minimum Gasteiger partial charge on any atom is -0.479 e. The fourth-order valence-corrected chi connectivity index (χ4v) is 1.34. The van der Waals surface area contributed by atoms with Crippen molar-refractivity contribution in [2.45, 2.75) is 51.7 Å². The van der Waals surface area contributed by atoms with E-state index in [1.807, 2.05) is 0 Å². The van der Waals surface area contributed by atoms with Crippen LogP contribution in [0.4, 0.5) is 4.79 Å². The lowest BCUT2D eigenvalue weighted by atomic mass is 9.91. The van der Waals surface area contributed by atoms with Crippen molar-refractivity contribution in [1.82, 2.24) is 5.32 Å². The molecule has 1 atom stereocenters. The third kappa shape index (κ3) is 5.91. The van der Waals surface area contributed by atoms with E-state index in [0.29, 0.717) is 0 Å². The summed E-state index contributed by atoms with van der Waals surface area (Å²) in [6, 6.07) is 1.78. The van der Waals surface area contributed by atoms with Gasteiger partial charge in [0.25, 0.3) is 0 Å². The lowest BCUT2D eigenvalue weighted by Crippen LogP contribution is -2.55. The standard InChI is InChI=1S/C13H20N2O4/c1-5-6-7-13(8-9-14,10(16)17)15-11(18)19-12(2,3)4/h5-6H,7-8H2,1-4H3,(H,15,18)(H,16,17)/b6-5+. The molecule has 106 valence electrons. The van der Waals surface area contributed by atoms with E-state index in [9.17, 15) is 14.7 Å². The Kier molecular flexibility index (Phi) is 6.06. The molecule has 1 unspecified atom stereocenters. The molecule has 0 aromatic heterocycles. The van der Waals surface area contributed by atoms with Gasteiger partial charge in [0.05, 0.1) is 12.5 Å². The number of ether oxygens (including phenoxy) is 1. The second-order valence-electron chi connectivity index (χ2n) is 5.12. The van der Waals surface area contributed by atoms with Crippen LogP contribution in [0.15, 0.2) is 12.2 Å². The SMILES string of the molecule is C/C=C/CC(CC#N)(NC(=O)OC(C)(C)C)C(=O)O. The average Bonchev–Trinajstić information content (AvgIpc) is 2.23. The van der Waals surface area contributed by atoms with Crippen molar-refractivity contribution >= 4 is 12.1 Å². The van der Waals surface area contributed by atoms with E-state index in [1.165, 1.54) is 0 Å². The van der Waals surface area contributed by atoms with Crippen LogP contribution >= 0.6 is 0 Å². The summed E-state index contributed by atoms with van der Waals surface area (Å²) in [5, 5.41) is 20.3. The second kappa shape index (κ2) is 6.78. The highest BCUT2D eigenvalue weighted by Gasteiger charge is 2.40. The van der Waals surface area contributed by atoms with Gasteiger partial charge < -0.3 is 15.2 Å². The number of hydrogen-bond donors (Lipinski definition) is 2. The predicted octanol–water partition coefficient (Wildman–Crippen LogP) is 2.21. The molecule has 0 heterocycles. The Labute approximate surface area is 113 Å². The van der Waals surface area contributed by atoms with E-state index in [4.69, 9.17) is 10.00 Å². The summed E-state index contributed by atoms with van der Waals surface area (Å²) in [7, 11) is 0. The zero-order chi connectivity index (χ0) is 15.1. The van der Waals surface area contributed by atoms with E-state index < -0.39 is 23.2 Å². The molecule has 0 aliphatic heterocycles. The van der Waals surface area contributed by atoms with Gasteiger partial charge in [-0.1, -0.05) is 12.2 Å². The third-order valence-electron chi connectivity index (χ3n) is 2.23. The van der Waals surface area contributed by atoms with Gasteiger partial charge in [0.2, 0.25) is 0 Å². The summed E-state index contributed by atoms with van der Waals surface area (Å²) >= 11 is 0. The van der Waals surface area contributed by atoms with E-state index >= 15 is 0 Å². The molecule has 0 aromatic carbocycles. The molecule has 6 nitrogen and oxygen atoms in total. The number of alkyl carbamates (subject to hydrolysis) is 1. The molecule has 6 heteroatoms. The maximum absolute atomic E-state index is 11.7. The van der Waals surface area contributed by atoms with Gasteiger partial charge in [0.15, 0.2) is 5.54 Å². The molecule has 19 heavy (non-hydrogen) atoms. The molecule has 1 amide bonds. The van der Waals surface area contributed by atoms with Gasteiger partial charge in [-0.15, -0.1) is 0 Å². The van der Waals surface area contributed by atoms with Crippen LogP contribution in [0.1, 0.15) is 40.5 Å². The zero-order valence-corrected chi connectivity index (χ0v) is 11.7. The number of carboxylic acids is 1. The number of hydrogen-bond acceptors (Lipinski definition) is 4. The molecule has 0 aliphatic rings. The number of nitriles is 1. The zero-order valence-electron chi connectivity index (χ0n) is 11.7. The Morgan fingerprint density at radius 2 is 2.00 bits per heavy atom. The van der Waals surface area contributed by atoms with Crippen LogP contribution in [0.3, 0.4) is 0 Å². The largest absolute Gasteiger partial charge is 0.479 e. The van der Waals surface area contributed by atoms with Crippen LogP contribution in [-0.4, -0.2) is 28.3 Å². The number of carboxylic acid groups (broad SMARTS) is 1. The van der Waals surface area contributed by atoms with Crippen molar-refractivity contribution in [1.29, 1.82) is 5.26 Å². The first-order chi connectivity index (χ1) is 8.67. The second-order valence-corrected chi connectivity index (χ2v) is 5.12.